The van der Waals surface area contributed by atoms with Gasteiger partial charge < -0.3 is 14.8 Å². The summed E-state index contributed by atoms with van der Waals surface area (Å²) in [6.45, 7) is 3.15. The average Bonchev–Trinajstić information content (AvgIpc) is 2.79. The molecule has 0 spiro atoms. The van der Waals surface area contributed by atoms with Crippen LogP contribution in [-0.2, 0) is 0 Å². The van der Waals surface area contributed by atoms with E-state index in [1.165, 1.54) is 6.07 Å². The molecule has 1 aromatic carbocycles. The van der Waals surface area contributed by atoms with E-state index in [0.717, 1.165) is 54.2 Å². The second kappa shape index (κ2) is 7.35. The monoisotopic (exact) mass is 384 g/mol. The highest BCUT2D eigenvalue weighted by molar-refractivity contribution is 5.80. The zero-order chi connectivity index (χ0) is 19.6. The zero-order valence-electron chi connectivity index (χ0n) is 15.8. The van der Waals surface area contributed by atoms with Gasteiger partial charge in [0.1, 0.15) is 5.82 Å². The molecule has 1 aliphatic rings. The molecule has 1 fully saturated rings. The number of aromatic amines is 1. The van der Waals surface area contributed by atoms with Gasteiger partial charge in [-0.3, -0.25) is 9.78 Å². The van der Waals surface area contributed by atoms with E-state index in [-0.39, 0.29) is 5.56 Å². The maximum atomic E-state index is 12.1. The summed E-state index contributed by atoms with van der Waals surface area (Å²) >= 11 is 0. The van der Waals surface area contributed by atoms with Crippen LogP contribution in [0.1, 0.15) is 0 Å². The van der Waals surface area contributed by atoms with Gasteiger partial charge in [-0.2, -0.15) is 4.98 Å². The van der Waals surface area contributed by atoms with Crippen LogP contribution in [0.5, 0.6) is 0 Å². The Hall–Kier alpha value is -3.74. The summed E-state index contributed by atoms with van der Waals surface area (Å²) in [5, 5.41) is 1.14. The number of anilines is 2. The molecule has 1 N–H and O–H groups in total. The zero-order valence-corrected chi connectivity index (χ0v) is 15.8. The number of pyridine rings is 2. The smallest absolute Gasteiger partial charge is 0.275 e. The van der Waals surface area contributed by atoms with Crippen LogP contribution in [0.4, 0.5) is 11.8 Å². The van der Waals surface area contributed by atoms with Crippen molar-refractivity contribution in [1.29, 1.82) is 0 Å². The number of H-pyrrole nitrogens is 1. The van der Waals surface area contributed by atoms with Gasteiger partial charge in [0.15, 0.2) is 0 Å². The number of nitrogens with zero attached hydrogens (tertiary/aromatic N) is 5. The van der Waals surface area contributed by atoms with E-state index in [0.29, 0.717) is 5.95 Å². The minimum Gasteiger partial charge on any atom is -0.353 e. The highest BCUT2D eigenvalue weighted by Crippen LogP contribution is 2.21. The van der Waals surface area contributed by atoms with Crippen LogP contribution in [0.25, 0.3) is 22.2 Å². The first-order valence-electron chi connectivity index (χ1n) is 9.64. The maximum Gasteiger partial charge on any atom is 0.275 e. The van der Waals surface area contributed by atoms with E-state index in [4.69, 9.17) is 4.98 Å². The van der Waals surface area contributed by atoms with Crippen molar-refractivity contribution in [3.05, 3.63) is 77.3 Å². The molecule has 1 saturated heterocycles. The van der Waals surface area contributed by atoms with Crippen LogP contribution in [-0.4, -0.2) is 46.1 Å². The third kappa shape index (κ3) is 3.54. The third-order valence-electron chi connectivity index (χ3n) is 5.21. The highest BCUT2D eigenvalue weighted by atomic mass is 16.1. The molecule has 0 amide bonds. The van der Waals surface area contributed by atoms with Gasteiger partial charge in [0.25, 0.3) is 5.56 Å². The lowest BCUT2D eigenvalue weighted by atomic mass is 10.2. The Morgan fingerprint density at radius 3 is 2.41 bits per heavy atom. The molecule has 3 aromatic heterocycles. The molecule has 1 aliphatic heterocycles. The first-order valence-corrected chi connectivity index (χ1v) is 9.64. The average molecular weight is 384 g/mol. The Morgan fingerprint density at radius 1 is 0.828 bits per heavy atom. The Bertz CT molecular complexity index is 1200. The number of nitrogens with one attached hydrogen (secondary N) is 1. The van der Waals surface area contributed by atoms with Gasteiger partial charge in [0.2, 0.25) is 5.95 Å². The molecule has 0 unspecified atom stereocenters. The van der Waals surface area contributed by atoms with Crippen LogP contribution in [0.15, 0.2) is 71.8 Å². The van der Waals surface area contributed by atoms with Crippen molar-refractivity contribution in [2.75, 3.05) is 36.0 Å². The molecule has 0 atom stereocenters. The topological polar surface area (TPSA) is 78.0 Å². The first kappa shape index (κ1) is 17.4. The number of para-hydroxylation sites is 1. The fourth-order valence-corrected chi connectivity index (χ4v) is 3.66. The number of hydrogen-bond donors (Lipinski definition) is 1. The SMILES string of the molecule is O=c1cc(-c2ccncc2)[nH]c(N2CCN(c3ccc4ccccc4n3)CC2)n1. The third-order valence-corrected chi connectivity index (χ3v) is 5.21. The van der Waals surface area contributed by atoms with Gasteiger partial charge in [-0.1, -0.05) is 18.2 Å². The van der Waals surface area contributed by atoms with E-state index in [9.17, 15) is 4.79 Å². The Kier molecular flexibility index (Phi) is 4.40. The maximum absolute atomic E-state index is 12.1. The number of rotatable bonds is 3. The lowest BCUT2D eigenvalue weighted by Gasteiger charge is -2.35. The number of aromatic nitrogens is 4. The molecule has 0 aliphatic carbocycles. The molecule has 29 heavy (non-hydrogen) atoms. The normalized spacial score (nSPS) is 14.3. The Labute approximate surface area is 167 Å². The molecule has 4 heterocycles. The van der Waals surface area contributed by atoms with E-state index >= 15 is 0 Å². The minimum atomic E-state index is -0.246. The van der Waals surface area contributed by atoms with Crippen molar-refractivity contribution in [2.24, 2.45) is 0 Å². The van der Waals surface area contributed by atoms with E-state index in [1.807, 2.05) is 30.3 Å². The highest BCUT2D eigenvalue weighted by Gasteiger charge is 2.20. The summed E-state index contributed by atoms with van der Waals surface area (Å²) < 4.78 is 0. The minimum absolute atomic E-state index is 0.246. The summed E-state index contributed by atoms with van der Waals surface area (Å²) in [6, 6.07) is 17.6. The Morgan fingerprint density at radius 2 is 1.59 bits per heavy atom. The molecular formula is C22H20N6O. The van der Waals surface area contributed by atoms with Gasteiger partial charge in [0.05, 0.1) is 11.2 Å². The van der Waals surface area contributed by atoms with Crippen molar-refractivity contribution in [2.45, 2.75) is 0 Å². The van der Waals surface area contributed by atoms with Crippen molar-refractivity contribution >= 4 is 22.7 Å². The van der Waals surface area contributed by atoms with E-state index < -0.39 is 0 Å². The number of piperazine rings is 1. The van der Waals surface area contributed by atoms with Crippen molar-refractivity contribution < 1.29 is 0 Å². The molecule has 7 heteroatoms. The van der Waals surface area contributed by atoms with Crippen LogP contribution in [0, 0.1) is 0 Å². The van der Waals surface area contributed by atoms with E-state index in [1.54, 1.807) is 12.4 Å². The van der Waals surface area contributed by atoms with Crippen LogP contribution in [0.3, 0.4) is 0 Å². The lowest BCUT2D eigenvalue weighted by Crippen LogP contribution is -2.47. The summed E-state index contributed by atoms with van der Waals surface area (Å²) in [6.07, 6.45) is 3.42. The second-order valence-corrected chi connectivity index (χ2v) is 7.03. The molecule has 7 nitrogen and oxygen atoms in total. The predicted molar refractivity (Wildman–Crippen MR) is 114 cm³/mol. The molecule has 5 rings (SSSR count). The number of hydrogen-bond acceptors (Lipinski definition) is 6. The van der Waals surface area contributed by atoms with Gasteiger partial charge in [-0.25, -0.2) is 4.98 Å². The lowest BCUT2D eigenvalue weighted by molar-refractivity contribution is 0.635. The summed E-state index contributed by atoms with van der Waals surface area (Å²) in [5.74, 6) is 1.59. The van der Waals surface area contributed by atoms with Crippen LogP contribution >= 0.6 is 0 Å². The molecule has 0 bridgehead atoms. The van der Waals surface area contributed by atoms with Crippen molar-refractivity contribution in [3.8, 4) is 11.3 Å². The fraction of sp³-hybridized carbons (Fsp3) is 0.182. The summed E-state index contributed by atoms with van der Waals surface area (Å²) in [7, 11) is 0. The molecule has 0 saturated carbocycles. The molecule has 144 valence electrons. The van der Waals surface area contributed by atoms with Crippen LogP contribution < -0.4 is 15.4 Å². The first-order chi connectivity index (χ1) is 14.3. The fourth-order valence-electron chi connectivity index (χ4n) is 3.66. The summed E-state index contributed by atoms with van der Waals surface area (Å²) in [5.41, 5.74) is 2.42. The predicted octanol–water partition coefficient (Wildman–Crippen LogP) is 2.71. The van der Waals surface area contributed by atoms with Gasteiger partial charge in [-0.15, -0.1) is 0 Å². The number of fused-ring (bicyclic) bond motifs is 1. The van der Waals surface area contributed by atoms with Gasteiger partial charge in [0, 0.05) is 55.6 Å². The molecular weight excluding hydrogens is 364 g/mol. The Balaban J connectivity index is 1.35. The standard InChI is InChI=1S/C22H20N6O/c29-21-15-19(17-7-9-23-10-8-17)25-22(26-21)28-13-11-27(12-14-28)20-6-5-16-3-1-2-4-18(16)24-20/h1-10,15H,11-14H2,(H,25,26,29). The van der Waals surface area contributed by atoms with Crippen molar-refractivity contribution in [3.63, 3.8) is 0 Å². The van der Waals surface area contributed by atoms with Gasteiger partial charge >= 0.3 is 0 Å². The number of benzene rings is 1. The molecule has 0 radical (unpaired) electrons. The van der Waals surface area contributed by atoms with Gasteiger partial charge in [-0.05, 0) is 30.3 Å². The van der Waals surface area contributed by atoms with Crippen molar-refractivity contribution in [1.82, 2.24) is 19.9 Å². The second-order valence-electron chi connectivity index (χ2n) is 7.03. The van der Waals surface area contributed by atoms with E-state index in [2.05, 4.69) is 43.0 Å². The quantitative estimate of drug-likeness (QED) is 0.585. The van der Waals surface area contributed by atoms with Crippen LogP contribution in [0.2, 0.25) is 0 Å². The largest absolute Gasteiger partial charge is 0.353 e. The summed E-state index contributed by atoms with van der Waals surface area (Å²) in [4.78, 5) is 32.8. The molecule has 4 aromatic rings.